The van der Waals surface area contributed by atoms with E-state index in [1.54, 1.807) is 11.6 Å². The SMILES string of the molecule is Cc1c(S(=O)(=O)NC(=O)c2ccc(-n3ccc(OCC(C)(C)C(F)(F)F)n3)nc2Cl)cnn1CCCC1CNC(C)(C)C1. The molecule has 1 fully saturated rings. The first-order valence-corrected chi connectivity index (χ1v) is 15.5. The van der Waals surface area contributed by atoms with Crippen molar-refractivity contribution in [1.82, 2.24) is 34.6 Å². The van der Waals surface area contributed by atoms with E-state index in [4.69, 9.17) is 16.3 Å². The molecule has 0 aliphatic carbocycles. The number of nitrogens with one attached hydrogen (secondary N) is 2. The molecule has 4 heterocycles. The number of carbonyl (C=O) groups excluding carboxylic acids is 1. The number of amides is 1. The predicted octanol–water partition coefficient (Wildman–Crippen LogP) is 4.68. The maximum atomic E-state index is 13.1. The van der Waals surface area contributed by atoms with Crippen molar-refractivity contribution in [3.05, 3.63) is 47.0 Å². The average Bonchev–Trinajstić information content (AvgIpc) is 3.60. The van der Waals surface area contributed by atoms with E-state index in [0.717, 1.165) is 39.7 Å². The zero-order chi connectivity index (χ0) is 31.8. The van der Waals surface area contributed by atoms with Crippen LogP contribution in [0.5, 0.6) is 5.88 Å². The molecule has 11 nitrogen and oxygen atoms in total. The summed E-state index contributed by atoms with van der Waals surface area (Å²) < 4.78 is 75.4. The second-order valence-electron chi connectivity index (χ2n) is 12.0. The summed E-state index contributed by atoms with van der Waals surface area (Å²) in [4.78, 5) is 16.8. The maximum Gasteiger partial charge on any atom is 0.397 e. The molecule has 4 rings (SSSR count). The average molecular weight is 646 g/mol. The standard InChI is InChI=1S/C27H35ClF3N7O4S/c1-17-20(15-33-37(17)11-6-7-18-13-26(4,5)32-14-18)43(40,41)36-24(39)19-8-9-21(34-23(19)28)38-12-10-22(35-38)42-16-25(2,3)27(29,30)31/h8-10,12,15,18,32H,6-7,11,13-14,16H2,1-5H3,(H,36,39). The van der Waals surface area contributed by atoms with E-state index in [2.05, 4.69) is 34.3 Å². The Bertz CT molecular complexity index is 1590. The van der Waals surface area contributed by atoms with Gasteiger partial charge in [0.25, 0.3) is 15.9 Å². The number of pyridine rings is 1. The van der Waals surface area contributed by atoms with Gasteiger partial charge >= 0.3 is 6.18 Å². The van der Waals surface area contributed by atoms with Crippen LogP contribution in [0.3, 0.4) is 0 Å². The van der Waals surface area contributed by atoms with Crippen molar-refractivity contribution in [2.24, 2.45) is 11.3 Å². The molecule has 0 bridgehead atoms. The fraction of sp³-hybridized carbons (Fsp3) is 0.556. The molecule has 236 valence electrons. The van der Waals surface area contributed by atoms with Crippen LogP contribution in [0.1, 0.15) is 63.0 Å². The Balaban J connectivity index is 1.37. The van der Waals surface area contributed by atoms with Gasteiger partial charge in [-0.05, 0) is 78.5 Å². The Hall–Kier alpha value is -3.17. The van der Waals surface area contributed by atoms with Gasteiger partial charge in [0.05, 0.1) is 22.9 Å². The molecule has 1 saturated heterocycles. The van der Waals surface area contributed by atoms with Gasteiger partial charge in [0.1, 0.15) is 16.7 Å². The quantitative estimate of drug-likeness (QED) is 0.287. The number of alkyl halides is 3. The van der Waals surface area contributed by atoms with Crippen molar-refractivity contribution < 1.29 is 31.1 Å². The summed E-state index contributed by atoms with van der Waals surface area (Å²) in [5, 5.41) is 11.4. The van der Waals surface area contributed by atoms with Crippen LogP contribution in [0.2, 0.25) is 5.15 Å². The Morgan fingerprint density at radius 2 is 1.98 bits per heavy atom. The minimum atomic E-state index is -4.46. The van der Waals surface area contributed by atoms with Crippen molar-refractivity contribution in [3.8, 4) is 11.7 Å². The summed E-state index contributed by atoms with van der Waals surface area (Å²) in [7, 11) is -4.27. The second-order valence-corrected chi connectivity index (χ2v) is 14.0. The van der Waals surface area contributed by atoms with Crippen molar-refractivity contribution in [2.75, 3.05) is 13.2 Å². The fourth-order valence-corrected chi connectivity index (χ4v) is 6.12. The van der Waals surface area contributed by atoms with Gasteiger partial charge < -0.3 is 10.1 Å². The minimum Gasteiger partial charge on any atom is -0.476 e. The van der Waals surface area contributed by atoms with Crippen molar-refractivity contribution in [3.63, 3.8) is 0 Å². The number of ether oxygens (including phenoxy) is 1. The summed E-state index contributed by atoms with van der Waals surface area (Å²) in [6.07, 6.45) is 1.04. The van der Waals surface area contributed by atoms with Gasteiger partial charge in [-0.2, -0.15) is 18.3 Å². The highest BCUT2D eigenvalue weighted by molar-refractivity contribution is 7.90. The molecule has 2 N–H and O–H groups in total. The molecule has 1 amide bonds. The van der Waals surface area contributed by atoms with Gasteiger partial charge in [-0.3, -0.25) is 9.48 Å². The van der Waals surface area contributed by atoms with E-state index < -0.39 is 34.1 Å². The van der Waals surface area contributed by atoms with E-state index in [0.29, 0.717) is 18.2 Å². The van der Waals surface area contributed by atoms with Crippen LogP contribution in [0.25, 0.3) is 5.82 Å². The van der Waals surface area contributed by atoms with Gasteiger partial charge in [-0.1, -0.05) is 11.6 Å². The highest BCUT2D eigenvalue weighted by Crippen LogP contribution is 2.37. The lowest BCUT2D eigenvalue weighted by molar-refractivity contribution is -0.219. The normalized spacial score (nSPS) is 17.3. The number of rotatable bonds is 11. The molecule has 3 aromatic rings. The van der Waals surface area contributed by atoms with E-state index in [1.165, 1.54) is 35.3 Å². The number of halogens is 4. The van der Waals surface area contributed by atoms with Crippen LogP contribution in [0.4, 0.5) is 13.2 Å². The van der Waals surface area contributed by atoms with Crippen LogP contribution in [-0.2, 0) is 16.6 Å². The molecule has 1 aliphatic heterocycles. The van der Waals surface area contributed by atoms with Gasteiger partial charge in [-0.15, -0.1) is 5.10 Å². The number of sulfonamides is 1. The highest BCUT2D eigenvalue weighted by Gasteiger charge is 2.48. The number of aryl methyl sites for hydroxylation is 1. The van der Waals surface area contributed by atoms with Gasteiger partial charge in [-0.25, -0.2) is 22.8 Å². The number of hydrogen-bond donors (Lipinski definition) is 2. The summed E-state index contributed by atoms with van der Waals surface area (Å²) >= 11 is 6.21. The molecule has 1 unspecified atom stereocenters. The third-order valence-corrected chi connectivity index (χ3v) is 9.17. The molecular weight excluding hydrogens is 611 g/mol. The van der Waals surface area contributed by atoms with Crippen LogP contribution >= 0.6 is 11.6 Å². The Morgan fingerprint density at radius 3 is 2.60 bits per heavy atom. The first-order valence-electron chi connectivity index (χ1n) is 13.7. The predicted molar refractivity (Wildman–Crippen MR) is 153 cm³/mol. The summed E-state index contributed by atoms with van der Waals surface area (Å²) in [6.45, 7) is 8.85. The monoisotopic (exact) mass is 645 g/mol. The maximum absolute atomic E-state index is 13.1. The zero-order valence-corrected chi connectivity index (χ0v) is 26.1. The van der Waals surface area contributed by atoms with Crippen molar-refractivity contribution in [2.45, 2.75) is 77.0 Å². The summed E-state index contributed by atoms with van der Waals surface area (Å²) in [5.41, 5.74) is -1.76. The van der Waals surface area contributed by atoms with Gasteiger partial charge in [0.2, 0.25) is 5.88 Å². The second kappa shape index (κ2) is 12.1. The molecule has 1 aliphatic rings. The largest absolute Gasteiger partial charge is 0.476 e. The fourth-order valence-electron chi connectivity index (χ4n) is 4.74. The zero-order valence-electron chi connectivity index (χ0n) is 24.5. The summed E-state index contributed by atoms with van der Waals surface area (Å²) in [5.74, 6) is -0.383. The van der Waals surface area contributed by atoms with E-state index in [1.807, 2.05) is 4.72 Å². The molecule has 3 aromatic heterocycles. The lowest BCUT2D eigenvalue weighted by atomic mass is 9.94. The number of hydrogen-bond acceptors (Lipinski definition) is 8. The van der Waals surface area contributed by atoms with Crippen molar-refractivity contribution >= 4 is 27.5 Å². The molecule has 0 aromatic carbocycles. The molecule has 0 radical (unpaired) electrons. The molecule has 43 heavy (non-hydrogen) atoms. The molecule has 1 atom stereocenters. The Morgan fingerprint density at radius 1 is 1.26 bits per heavy atom. The lowest BCUT2D eigenvalue weighted by Gasteiger charge is -2.26. The van der Waals surface area contributed by atoms with Crippen LogP contribution in [0, 0.1) is 18.3 Å². The van der Waals surface area contributed by atoms with E-state index >= 15 is 0 Å². The van der Waals surface area contributed by atoms with Crippen LogP contribution in [-0.4, -0.2) is 63.7 Å². The number of carbonyl (C=O) groups is 1. The number of nitrogens with zero attached hydrogens (tertiary/aromatic N) is 5. The molecule has 0 spiro atoms. The van der Waals surface area contributed by atoms with Crippen LogP contribution < -0.4 is 14.8 Å². The van der Waals surface area contributed by atoms with Crippen LogP contribution in [0.15, 0.2) is 35.5 Å². The van der Waals surface area contributed by atoms with Gasteiger partial charge in [0, 0.05) is 24.3 Å². The first-order chi connectivity index (χ1) is 19.9. The summed E-state index contributed by atoms with van der Waals surface area (Å²) in [6, 6.07) is 3.97. The van der Waals surface area contributed by atoms with E-state index in [9.17, 15) is 26.4 Å². The molecule has 16 heteroatoms. The Kier molecular flexibility index (Phi) is 9.20. The molecule has 0 saturated carbocycles. The van der Waals surface area contributed by atoms with E-state index in [-0.39, 0.29) is 32.8 Å². The first kappa shape index (κ1) is 32.7. The van der Waals surface area contributed by atoms with Gasteiger partial charge in [0.15, 0.2) is 5.82 Å². The minimum absolute atomic E-state index is 0.0708. The third-order valence-electron chi connectivity index (χ3n) is 7.45. The highest BCUT2D eigenvalue weighted by atomic mass is 35.5. The smallest absolute Gasteiger partial charge is 0.397 e. The Labute approximate surface area is 253 Å². The third kappa shape index (κ3) is 7.68. The van der Waals surface area contributed by atoms with Crippen molar-refractivity contribution in [1.29, 1.82) is 0 Å². The topological polar surface area (TPSA) is 133 Å². The molecular formula is C27H35ClF3N7O4S. The number of aromatic nitrogens is 5. The lowest BCUT2D eigenvalue weighted by Crippen LogP contribution is -2.37.